The topological polar surface area (TPSA) is 100 Å². The first kappa shape index (κ1) is 19.3. The van der Waals surface area contributed by atoms with Gasteiger partial charge in [-0.05, 0) is 25.0 Å². The lowest BCUT2D eigenvalue weighted by molar-refractivity contribution is 0.295. The Morgan fingerprint density at radius 1 is 0.800 bits per heavy atom. The lowest BCUT2D eigenvalue weighted by Gasteiger charge is -2.38. The van der Waals surface area contributed by atoms with Gasteiger partial charge < -0.3 is 4.90 Å². The van der Waals surface area contributed by atoms with Crippen molar-refractivity contribution >= 4 is 27.2 Å². The number of hydrogen-bond donors (Lipinski definition) is 0. The van der Waals surface area contributed by atoms with Gasteiger partial charge in [0.05, 0.1) is 5.69 Å². The van der Waals surface area contributed by atoms with Crippen molar-refractivity contribution in [2.24, 2.45) is 0 Å². The normalized spacial score (nSPS) is 19.4. The molecule has 0 spiro atoms. The fourth-order valence-electron chi connectivity index (χ4n) is 4.10. The Morgan fingerprint density at radius 3 is 2.23 bits per heavy atom. The van der Waals surface area contributed by atoms with E-state index >= 15 is 0 Å². The minimum atomic E-state index is -3.39. The highest BCUT2D eigenvalue weighted by Gasteiger charge is 2.33. The van der Waals surface area contributed by atoms with Crippen molar-refractivity contribution in [3.05, 3.63) is 36.7 Å². The lowest BCUT2D eigenvalue weighted by atomic mass is 10.2. The van der Waals surface area contributed by atoms with Crippen molar-refractivity contribution in [2.45, 2.75) is 19.3 Å². The smallest absolute Gasteiger partial charge is 0.282 e. The molecule has 5 rings (SSSR count). The Hall–Kier alpha value is -2.63. The lowest BCUT2D eigenvalue weighted by Crippen LogP contribution is -2.54. The summed E-state index contributed by atoms with van der Waals surface area (Å²) >= 11 is 0. The number of fused-ring (bicyclic) bond motifs is 1. The predicted molar refractivity (Wildman–Crippen MR) is 113 cm³/mol. The van der Waals surface area contributed by atoms with Crippen LogP contribution in [0.4, 0.5) is 5.82 Å². The summed E-state index contributed by atoms with van der Waals surface area (Å²) < 4.78 is 30.8. The molecule has 2 fully saturated rings. The van der Waals surface area contributed by atoms with Gasteiger partial charge in [0, 0.05) is 39.3 Å². The van der Waals surface area contributed by atoms with Crippen LogP contribution in [0.25, 0.3) is 16.9 Å². The fourth-order valence-corrected chi connectivity index (χ4v) is 5.77. The number of hydrogen-bond acceptors (Lipinski definition) is 7. The summed E-state index contributed by atoms with van der Waals surface area (Å²) in [6, 6.07) is 9.71. The molecule has 0 unspecified atom stereocenters. The number of anilines is 1. The van der Waals surface area contributed by atoms with E-state index in [1.165, 1.54) is 6.33 Å². The Balaban J connectivity index is 1.36. The Bertz CT molecular complexity index is 1120. The first-order valence-electron chi connectivity index (χ1n) is 10.3. The van der Waals surface area contributed by atoms with Crippen molar-refractivity contribution in [3.63, 3.8) is 0 Å². The SMILES string of the molecule is O=S(=O)(N1CCCCC1)N1CCN(c2ncnc3c2nnn3-c2ccccc2)CC1. The number of para-hydroxylation sites is 1. The third-order valence-corrected chi connectivity index (χ3v) is 7.76. The van der Waals surface area contributed by atoms with Gasteiger partial charge in [-0.3, -0.25) is 0 Å². The van der Waals surface area contributed by atoms with E-state index in [1.807, 2.05) is 30.3 Å². The molecule has 158 valence electrons. The highest BCUT2D eigenvalue weighted by atomic mass is 32.2. The van der Waals surface area contributed by atoms with Gasteiger partial charge >= 0.3 is 0 Å². The van der Waals surface area contributed by atoms with Crippen molar-refractivity contribution in [1.29, 1.82) is 0 Å². The number of aromatic nitrogens is 5. The number of rotatable bonds is 4. The van der Waals surface area contributed by atoms with Crippen molar-refractivity contribution < 1.29 is 8.42 Å². The fraction of sp³-hybridized carbons (Fsp3) is 0.474. The summed E-state index contributed by atoms with van der Waals surface area (Å²) in [6.45, 7) is 3.21. The number of piperazine rings is 1. The molecule has 0 amide bonds. The van der Waals surface area contributed by atoms with Crippen LogP contribution in [0.3, 0.4) is 0 Å². The zero-order chi connectivity index (χ0) is 20.6. The molecule has 4 heterocycles. The molecule has 30 heavy (non-hydrogen) atoms. The van der Waals surface area contributed by atoms with Gasteiger partial charge in [-0.15, -0.1) is 5.10 Å². The Kier molecular flexibility index (Phi) is 5.09. The van der Waals surface area contributed by atoms with Crippen LogP contribution < -0.4 is 4.90 Å². The van der Waals surface area contributed by atoms with Crippen LogP contribution in [0.1, 0.15) is 19.3 Å². The molecule has 2 aromatic heterocycles. The molecular formula is C19H24N8O2S. The first-order chi connectivity index (χ1) is 14.6. The standard InChI is InChI=1S/C19H24N8O2S/c28-30(29,25-9-5-2-6-10-25)26-13-11-24(12-14-26)18-17-19(21-15-20-18)27(23-22-17)16-7-3-1-4-8-16/h1,3-4,7-8,15H,2,5-6,9-14H2. The summed E-state index contributed by atoms with van der Waals surface area (Å²) in [4.78, 5) is 10.9. The van der Waals surface area contributed by atoms with Gasteiger partial charge in [0.25, 0.3) is 10.2 Å². The molecule has 0 N–H and O–H groups in total. The van der Waals surface area contributed by atoms with E-state index < -0.39 is 10.2 Å². The maximum Gasteiger partial charge on any atom is 0.282 e. The quantitative estimate of drug-likeness (QED) is 0.613. The molecule has 0 bridgehead atoms. The summed E-state index contributed by atoms with van der Waals surface area (Å²) in [5.74, 6) is 0.692. The average molecular weight is 429 g/mol. The Labute approximate surface area is 175 Å². The molecule has 2 saturated heterocycles. The van der Waals surface area contributed by atoms with Crippen molar-refractivity contribution in [3.8, 4) is 5.69 Å². The zero-order valence-electron chi connectivity index (χ0n) is 16.6. The highest BCUT2D eigenvalue weighted by Crippen LogP contribution is 2.25. The van der Waals surface area contributed by atoms with Crippen LogP contribution in [-0.2, 0) is 10.2 Å². The third kappa shape index (κ3) is 3.42. The van der Waals surface area contributed by atoms with Crippen LogP contribution in [-0.4, -0.2) is 81.3 Å². The second-order valence-electron chi connectivity index (χ2n) is 7.56. The van der Waals surface area contributed by atoms with E-state index in [2.05, 4.69) is 25.2 Å². The molecule has 0 radical (unpaired) electrons. The number of nitrogens with zero attached hydrogens (tertiary/aromatic N) is 8. The van der Waals surface area contributed by atoms with E-state index in [0.29, 0.717) is 56.3 Å². The summed E-state index contributed by atoms with van der Waals surface area (Å²) in [5, 5.41) is 8.58. The minimum absolute atomic E-state index is 0.428. The van der Waals surface area contributed by atoms with E-state index in [1.54, 1.807) is 13.3 Å². The van der Waals surface area contributed by atoms with Gasteiger partial charge in [-0.25, -0.2) is 9.97 Å². The molecule has 0 saturated carbocycles. The molecule has 10 nitrogen and oxygen atoms in total. The molecular weight excluding hydrogens is 404 g/mol. The highest BCUT2D eigenvalue weighted by molar-refractivity contribution is 7.86. The molecule has 0 aliphatic carbocycles. The molecule has 0 atom stereocenters. The van der Waals surface area contributed by atoms with Gasteiger partial charge in [-0.2, -0.15) is 21.7 Å². The average Bonchev–Trinajstić information content (AvgIpc) is 3.25. The largest absolute Gasteiger partial charge is 0.352 e. The van der Waals surface area contributed by atoms with Gasteiger partial charge in [0.2, 0.25) is 0 Å². The molecule has 2 aliphatic heterocycles. The maximum absolute atomic E-state index is 12.9. The second kappa shape index (κ2) is 7.89. The number of benzene rings is 1. The first-order valence-corrected chi connectivity index (χ1v) is 11.7. The Morgan fingerprint density at radius 2 is 1.50 bits per heavy atom. The van der Waals surface area contributed by atoms with Crippen LogP contribution in [0, 0.1) is 0 Å². The van der Waals surface area contributed by atoms with Gasteiger partial charge in [0.15, 0.2) is 17.0 Å². The van der Waals surface area contributed by atoms with Crippen molar-refractivity contribution in [2.75, 3.05) is 44.2 Å². The zero-order valence-corrected chi connectivity index (χ0v) is 17.4. The molecule has 11 heteroatoms. The van der Waals surface area contributed by atoms with E-state index in [-0.39, 0.29) is 0 Å². The maximum atomic E-state index is 12.9. The van der Waals surface area contributed by atoms with Crippen molar-refractivity contribution in [1.82, 2.24) is 33.6 Å². The van der Waals surface area contributed by atoms with E-state index in [4.69, 9.17) is 0 Å². The van der Waals surface area contributed by atoms with Gasteiger partial charge in [-0.1, -0.05) is 29.8 Å². The van der Waals surface area contributed by atoms with Crippen LogP contribution in [0.5, 0.6) is 0 Å². The van der Waals surface area contributed by atoms with Crippen LogP contribution in [0.2, 0.25) is 0 Å². The number of piperidine rings is 1. The van der Waals surface area contributed by atoms with Crippen LogP contribution >= 0.6 is 0 Å². The minimum Gasteiger partial charge on any atom is -0.352 e. The molecule has 3 aromatic rings. The molecule has 1 aromatic carbocycles. The predicted octanol–water partition coefficient (Wildman–Crippen LogP) is 1.06. The summed E-state index contributed by atoms with van der Waals surface area (Å²) in [5.41, 5.74) is 2.13. The molecule has 2 aliphatic rings. The second-order valence-corrected chi connectivity index (χ2v) is 9.49. The summed E-state index contributed by atoms with van der Waals surface area (Å²) in [7, 11) is -3.39. The monoisotopic (exact) mass is 428 g/mol. The summed E-state index contributed by atoms with van der Waals surface area (Å²) in [6.07, 6.45) is 4.49. The van der Waals surface area contributed by atoms with Crippen LogP contribution in [0.15, 0.2) is 36.7 Å². The third-order valence-electron chi connectivity index (χ3n) is 5.72. The van der Waals surface area contributed by atoms with E-state index in [0.717, 1.165) is 24.9 Å². The van der Waals surface area contributed by atoms with Gasteiger partial charge in [0.1, 0.15) is 6.33 Å². The van der Waals surface area contributed by atoms with E-state index in [9.17, 15) is 8.42 Å².